The van der Waals surface area contributed by atoms with Crippen molar-refractivity contribution in [3.8, 4) is 0 Å². The molecule has 0 spiro atoms. The number of rotatable bonds is 3. The Kier molecular flexibility index (Phi) is 4.41. The van der Waals surface area contributed by atoms with Crippen LogP contribution in [0.25, 0.3) is 10.8 Å². The smallest absolute Gasteiger partial charge is 0.243 e. The van der Waals surface area contributed by atoms with Crippen LogP contribution in [0.1, 0.15) is 12.8 Å². The monoisotopic (exact) mass is 338 g/mol. The molecule has 0 bridgehead atoms. The molecular formula is C16H19ClN2O2S. The molecule has 0 aliphatic carbocycles. The van der Waals surface area contributed by atoms with Crippen molar-refractivity contribution in [2.75, 3.05) is 20.1 Å². The number of piperidine rings is 1. The molecule has 1 saturated heterocycles. The second-order valence-electron chi connectivity index (χ2n) is 5.59. The van der Waals surface area contributed by atoms with Crippen molar-refractivity contribution < 1.29 is 8.42 Å². The Balaban J connectivity index is 2.07. The summed E-state index contributed by atoms with van der Waals surface area (Å²) in [4.78, 5) is 0.327. The first kappa shape index (κ1) is 15.7. The van der Waals surface area contributed by atoms with Crippen molar-refractivity contribution in [1.82, 2.24) is 9.62 Å². The minimum absolute atomic E-state index is 0.0423. The first-order valence-corrected chi connectivity index (χ1v) is 9.19. The summed E-state index contributed by atoms with van der Waals surface area (Å²) in [6.07, 6.45) is 1.67. The van der Waals surface area contributed by atoms with Crippen LogP contribution < -0.4 is 5.32 Å². The summed E-state index contributed by atoms with van der Waals surface area (Å²) in [7, 11) is -1.86. The van der Waals surface area contributed by atoms with Gasteiger partial charge >= 0.3 is 0 Å². The van der Waals surface area contributed by atoms with Crippen LogP contribution in [-0.2, 0) is 10.0 Å². The van der Waals surface area contributed by atoms with E-state index < -0.39 is 10.0 Å². The molecule has 1 aliphatic heterocycles. The van der Waals surface area contributed by atoms with Gasteiger partial charge in [0.15, 0.2) is 0 Å². The van der Waals surface area contributed by atoms with Gasteiger partial charge in [-0.1, -0.05) is 35.9 Å². The lowest BCUT2D eigenvalue weighted by Crippen LogP contribution is -2.43. The second kappa shape index (κ2) is 6.16. The van der Waals surface area contributed by atoms with Crippen molar-refractivity contribution in [2.45, 2.75) is 23.8 Å². The molecule has 1 N–H and O–H groups in total. The standard InChI is InChI=1S/C16H19ClN2O2S/c1-19(12-8-10-18-11-9-12)22(20,21)16-7-6-15(17)13-4-2-3-5-14(13)16/h2-7,12,18H,8-11H2,1H3. The fourth-order valence-electron chi connectivity index (χ4n) is 2.98. The van der Waals surface area contributed by atoms with Crippen molar-refractivity contribution in [2.24, 2.45) is 0 Å². The molecule has 0 unspecified atom stereocenters. The molecule has 0 aromatic heterocycles. The van der Waals surface area contributed by atoms with Gasteiger partial charge in [0.25, 0.3) is 0 Å². The molecule has 3 rings (SSSR count). The zero-order valence-electron chi connectivity index (χ0n) is 12.4. The Bertz CT molecular complexity index is 786. The van der Waals surface area contributed by atoms with Gasteiger partial charge in [-0.3, -0.25) is 0 Å². The maximum atomic E-state index is 13.0. The molecule has 2 aromatic rings. The van der Waals surface area contributed by atoms with Crippen LogP contribution in [0.2, 0.25) is 5.02 Å². The third-order valence-electron chi connectivity index (χ3n) is 4.31. The summed E-state index contributed by atoms with van der Waals surface area (Å²) in [6.45, 7) is 1.71. The second-order valence-corrected chi connectivity index (χ2v) is 7.97. The van der Waals surface area contributed by atoms with Crippen LogP contribution in [-0.4, -0.2) is 38.9 Å². The highest BCUT2D eigenvalue weighted by atomic mass is 35.5. The Morgan fingerprint density at radius 1 is 1.09 bits per heavy atom. The van der Waals surface area contributed by atoms with Crippen LogP contribution >= 0.6 is 11.6 Å². The number of fused-ring (bicyclic) bond motifs is 1. The topological polar surface area (TPSA) is 49.4 Å². The van der Waals surface area contributed by atoms with Crippen molar-refractivity contribution in [3.05, 3.63) is 41.4 Å². The van der Waals surface area contributed by atoms with Crippen molar-refractivity contribution in [1.29, 1.82) is 0 Å². The van der Waals surface area contributed by atoms with E-state index in [0.717, 1.165) is 31.3 Å². The van der Waals surface area contributed by atoms with E-state index in [1.165, 1.54) is 4.31 Å². The Morgan fingerprint density at radius 3 is 2.41 bits per heavy atom. The first-order chi connectivity index (χ1) is 10.5. The normalized spacial score (nSPS) is 17.2. The van der Waals surface area contributed by atoms with E-state index in [0.29, 0.717) is 15.3 Å². The molecule has 0 radical (unpaired) electrons. The van der Waals surface area contributed by atoms with Crippen LogP contribution in [0.5, 0.6) is 0 Å². The molecule has 6 heteroatoms. The Hall–Kier alpha value is -1.14. The number of benzene rings is 2. The number of halogens is 1. The number of sulfonamides is 1. The fraction of sp³-hybridized carbons (Fsp3) is 0.375. The van der Waals surface area contributed by atoms with E-state index in [4.69, 9.17) is 11.6 Å². The molecule has 22 heavy (non-hydrogen) atoms. The van der Waals surface area contributed by atoms with Crippen LogP contribution in [0.4, 0.5) is 0 Å². The number of nitrogens with one attached hydrogen (secondary N) is 1. The zero-order valence-corrected chi connectivity index (χ0v) is 14.0. The maximum Gasteiger partial charge on any atom is 0.243 e. The molecule has 1 aliphatic rings. The van der Waals surface area contributed by atoms with Gasteiger partial charge in [-0.2, -0.15) is 4.31 Å². The lowest BCUT2D eigenvalue weighted by molar-refractivity contribution is 0.296. The number of hydrogen-bond acceptors (Lipinski definition) is 3. The van der Waals surface area contributed by atoms with Gasteiger partial charge < -0.3 is 5.32 Å². The molecule has 0 saturated carbocycles. The largest absolute Gasteiger partial charge is 0.317 e. The summed E-state index contributed by atoms with van der Waals surface area (Å²) in [5, 5.41) is 5.27. The highest BCUT2D eigenvalue weighted by molar-refractivity contribution is 7.89. The van der Waals surface area contributed by atoms with Gasteiger partial charge in [0, 0.05) is 28.9 Å². The third kappa shape index (κ3) is 2.74. The van der Waals surface area contributed by atoms with E-state index in [2.05, 4.69) is 5.32 Å². The van der Waals surface area contributed by atoms with E-state index in [9.17, 15) is 8.42 Å². The average molecular weight is 339 g/mol. The van der Waals surface area contributed by atoms with Gasteiger partial charge in [-0.15, -0.1) is 0 Å². The van der Waals surface area contributed by atoms with E-state index >= 15 is 0 Å². The fourth-order valence-corrected chi connectivity index (χ4v) is 4.82. The van der Waals surface area contributed by atoms with E-state index in [-0.39, 0.29) is 6.04 Å². The van der Waals surface area contributed by atoms with Crippen LogP contribution in [0.15, 0.2) is 41.3 Å². The summed E-state index contributed by atoms with van der Waals surface area (Å²) in [6, 6.07) is 10.7. The Morgan fingerprint density at radius 2 is 1.73 bits per heavy atom. The van der Waals surface area contributed by atoms with Crippen molar-refractivity contribution >= 4 is 32.4 Å². The Labute approximate surface area is 136 Å². The van der Waals surface area contributed by atoms with E-state index in [1.807, 2.05) is 24.3 Å². The lowest BCUT2D eigenvalue weighted by Gasteiger charge is -2.31. The molecular weight excluding hydrogens is 320 g/mol. The molecule has 118 valence electrons. The minimum Gasteiger partial charge on any atom is -0.317 e. The third-order valence-corrected chi connectivity index (χ3v) is 6.61. The van der Waals surface area contributed by atoms with Crippen LogP contribution in [0.3, 0.4) is 0 Å². The highest BCUT2D eigenvalue weighted by Gasteiger charge is 2.30. The molecule has 4 nitrogen and oxygen atoms in total. The first-order valence-electron chi connectivity index (χ1n) is 7.38. The predicted molar refractivity (Wildman–Crippen MR) is 89.8 cm³/mol. The van der Waals surface area contributed by atoms with Gasteiger partial charge in [-0.25, -0.2) is 8.42 Å². The molecule has 1 fully saturated rings. The summed E-state index contributed by atoms with van der Waals surface area (Å²) in [5.74, 6) is 0. The van der Waals surface area contributed by atoms with E-state index in [1.54, 1.807) is 19.2 Å². The molecule has 2 aromatic carbocycles. The SMILES string of the molecule is CN(C1CCNCC1)S(=O)(=O)c1ccc(Cl)c2ccccc12. The zero-order chi connectivity index (χ0) is 15.7. The molecule has 0 amide bonds. The lowest BCUT2D eigenvalue weighted by atomic mass is 10.1. The highest BCUT2D eigenvalue weighted by Crippen LogP contribution is 2.31. The molecule has 1 heterocycles. The minimum atomic E-state index is -3.54. The van der Waals surface area contributed by atoms with Gasteiger partial charge in [-0.05, 0) is 38.1 Å². The van der Waals surface area contributed by atoms with Crippen LogP contribution in [0, 0.1) is 0 Å². The number of hydrogen-bond donors (Lipinski definition) is 1. The van der Waals surface area contributed by atoms with Gasteiger partial charge in [0.05, 0.1) is 4.90 Å². The van der Waals surface area contributed by atoms with Gasteiger partial charge in [0.1, 0.15) is 0 Å². The average Bonchev–Trinajstić information content (AvgIpc) is 2.55. The van der Waals surface area contributed by atoms with Gasteiger partial charge in [0.2, 0.25) is 10.0 Å². The predicted octanol–water partition coefficient (Wildman–Crippen LogP) is 2.87. The van der Waals surface area contributed by atoms with Crippen molar-refractivity contribution in [3.63, 3.8) is 0 Å². The maximum absolute atomic E-state index is 13.0. The summed E-state index contributed by atoms with van der Waals surface area (Å²) < 4.78 is 27.6. The summed E-state index contributed by atoms with van der Waals surface area (Å²) in [5.41, 5.74) is 0. The number of nitrogens with zero attached hydrogens (tertiary/aromatic N) is 1. The molecule has 0 atom stereocenters. The quantitative estimate of drug-likeness (QED) is 0.936. The summed E-state index contributed by atoms with van der Waals surface area (Å²) >= 11 is 6.19.